The van der Waals surface area contributed by atoms with Crippen LogP contribution in [0.15, 0.2) is 28.9 Å². The van der Waals surface area contributed by atoms with Gasteiger partial charge >= 0.3 is 0 Å². The van der Waals surface area contributed by atoms with Crippen molar-refractivity contribution in [3.05, 3.63) is 50.7 Å². The number of halogens is 2. The lowest BCUT2D eigenvalue weighted by atomic mass is 10.2. The van der Waals surface area contributed by atoms with Crippen LogP contribution in [0.25, 0.3) is 0 Å². The van der Waals surface area contributed by atoms with Crippen LogP contribution in [0.4, 0.5) is 0 Å². The summed E-state index contributed by atoms with van der Waals surface area (Å²) >= 11 is 9.58. The zero-order chi connectivity index (χ0) is 13.1. The summed E-state index contributed by atoms with van der Waals surface area (Å²) in [5.74, 6) is 0. The quantitative estimate of drug-likeness (QED) is 0.932. The van der Waals surface area contributed by atoms with Crippen LogP contribution in [0.1, 0.15) is 16.8 Å². The molecule has 1 aromatic carbocycles. The summed E-state index contributed by atoms with van der Waals surface area (Å²) in [5, 5.41) is 8.38. The molecule has 0 bridgehead atoms. The van der Waals surface area contributed by atoms with Crippen LogP contribution in [-0.4, -0.2) is 9.78 Å². The molecule has 0 saturated carbocycles. The van der Waals surface area contributed by atoms with E-state index in [1.54, 1.807) is 0 Å². The van der Waals surface area contributed by atoms with Crippen molar-refractivity contribution in [3.63, 3.8) is 0 Å². The van der Waals surface area contributed by atoms with Gasteiger partial charge in [-0.3, -0.25) is 4.68 Å². The van der Waals surface area contributed by atoms with Gasteiger partial charge in [0.25, 0.3) is 0 Å². The van der Waals surface area contributed by atoms with Gasteiger partial charge in [0.1, 0.15) is 0 Å². The van der Waals surface area contributed by atoms with Gasteiger partial charge in [-0.1, -0.05) is 27.5 Å². The minimum Gasteiger partial charge on any atom is -0.308 e. The van der Waals surface area contributed by atoms with Crippen molar-refractivity contribution < 1.29 is 0 Å². The average Bonchev–Trinajstić information content (AvgIpc) is 2.65. The smallest absolute Gasteiger partial charge is 0.0537 e. The third-order valence-corrected chi connectivity index (χ3v) is 3.84. The Balaban J connectivity index is 1.96. The SMILES string of the molecule is Cc1c(CNCc2cc(Br)ccc2Cl)cnn1C. The Kier molecular flexibility index (Phi) is 4.43. The number of aryl methyl sites for hydroxylation is 1. The molecule has 0 saturated heterocycles. The van der Waals surface area contributed by atoms with E-state index in [1.807, 2.05) is 36.1 Å². The molecule has 0 fully saturated rings. The van der Waals surface area contributed by atoms with Crippen LogP contribution in [0.3, 0.4) is 0 Å². The minimum absolute atomic E-state index is 0.743. The van der Waals surface area contributed by atoms with E-state index in [1.165, 1.54) is 11.3 Å². The van der Waals surface area contributed by atoms with Crippen LogP contribution in [0.2, 0.25) is 5.02 Å². The molecule has 3 nitrogen and oxygen atoms in total. The van der Waals surface area contributed by atoms with Crippen molar-refractivity contribution >= 4 is 27.5 Å². The maximum Gasteiger partial charge on any atom is 0.0537 e. The van der Waals surface area contributed by atoms with E-state index >= 15 is 0 Å². The highest BCUT2D eigenvalue weighted by molar-refractivity contribution is 9.10. The second-order valence-electron chi connectivity index (χ2n) is 4.22. The van der Waals surface area contributed by atoms with E-state index in [-0.39, 0.29) is 0 Å². The number of rotatable bonds is 4. The van der Waals surface area contributed by atoms with E-state index < -0.39 is 0 Å². The Morgan fingerprint density at radius 1 is 1.33 bits per heavy atom. The van der Waals surface area contributed by atoms with Crippen molar-refractivity contribution in [2.24, 2.45) is 7.05 Å². The molecule has 2 rings (SSSR count). The molecule has 1 heterocycles. The lowest BCUT2D eigenvalue weighted by Crippen LogP contribution is -2.13. The highest BCUT2D eigenvalue weighted by Gasteiger charge is 2.04. The van der Waals surface area contributed by atoms with Gasteiger partial charge in [-0.05, 0) is 30.7 Å². The van der Waals surface area contributed by atoms with Gasteiger partial charge in [0.15, 0.2) is 0 Å². The van der Waals surface area contributed by atoms with Crippen molar-refractivity contribution in [2.75, 3.05) is 0 Å². The highest BCUT2D eigenvalue weighted by Crippen LogP contribution is 2.20. The third kappa shape index (κ3) is 3.13. The van der Waals surface area contributed by atoms with Crippen molar-refractivity contribution in [1.29, 1.82) is 0 Å². The zero-order valence-corrected chi connectivity index (χ0v) is 12.7. The molecule has 0 radical (unpaired) electrons. The molecule has 0 aliphatic carbocycles. The third-order valence-electron chi connectivity index (χ3n) is 2.98. The summed E-state index contributed by atoms with van der Waals surface area (Å²) in [6.07, 6.45) is 1.89. The Bertz CT molecular complexity index is 551. The topological polar surface area (TPSA) is 29.9 Å². The Morgan fingerprint density at radius 2 is 2.06 bits per heavy atom. The van der Waals surface area contributed by atoms with Gasteiger partial charge < -0.3 is 5.32 Å². The van der Waals surface area contributed by atoms with Gasteiger partial charge in [0.2, 0.25) is 0 Å². The van der Waals surface area contributed by atoms with E-state index in [0.29, 0.717) is 0 Å². The second-order valence-corrected chi connectivity index (χ2v) is 5.54. The lowest BCUT2D eigenvalue weighted by Gasteiger charge is -2.07. The molecule has 96 valence electrons. The van der Waals surface area contributed by atoms with Gasteiger partial charge in [-0.2, -0.15) is 5.10 Å². The molecule has 2 aromatic rings. The number of aromatic nitrogens is 2. The van der Waals surface area contributed by atoms with Crippen LogP contribution in [0, 0.1) is 6.92 Å². The largest absolute Gasteiger partial charge is 0.308 e. The molecule has 18 heavy (non-hydrogen) atoms. The summed E-state index contributed by atoms with van der Waals surface area (Å²) in [6, 6.07) is 5.88. The first-order chi connectivity index (χ1) is 8.58. The number of hydrogen-bond acceptors (Lipinski definition) is 2. The van der Waals surface area contributed by atoms with Crippen molar-refractivity contribution in [3.8, 4) is 0 Å². The first-order valence-electron chi connectivity index (χ1n) is 5.70. The minimum atomic E-state index is 0.743. The van der Waals surface area contributed by atoms with Crippen LogP contribution < -0.4 is 5.32 Å². The maximum atomic E-state index is 6.14. The normalized spacial score (nSPS) is 10.9. The predicted molar refractivity (Wildman–Crippen MR) is 77.6 cm³/mol. The van der Waals surface area contributed by atoms with Crippen LogP contribution in [0.5, 0.6) is 0 Å². The molecule has 0 unspecified atom stereocenters. The molecular weight excluding hydrogens is 314 g/mol. The van der Waals surface area contributed by atoms with Crippen molar-refractivity contribution in [1.82, 2.24) is 15.1 Å². The van der Waals surface area contributed by atoms with Gasteiger partial charge in [0, 0.05) is 40.9 Å². The zero-order valence-electron chi connectivity index (χ0n) is 10.4. The monoisotopic (exact) mass is 327 g/mol. The van der Waals surface area contributed by atoms with Crippen molar-refractivity contribution in [2.45, 2.75) is 20.0 Å². The molecule has 0 aliphatic rings. The Morgan fingerprint density at radius 3 is 2.72 bits per heavy atom. The summed E-state index contributed by atoms with van der Waals surface area (Å²) < 4.78 is 2.92. The molecule has 1 N–H and O–H groups in total. The summed E-state index contributed by atoms with van der Waals surface area (Å²) in [7, 11) is 1.95. The number of nitrogens with one attached hydrogen (secondary N) is 1. The molecule has 0 aliphatic heterocycles. The standard InChI is InChI=1S/C13H15BrClN3/c1-9-11(8-17-18(9)2)7-16-6-10-5-12(14)3-4-13(10)15/h3-5,8,16H,6-7H2,1-2H3. The molecular formula is C13H15BrClN3. The first kappa shape index (κ1) is 13.6. The van der Waals surface area contributed by atoms with Gasteiger partial charge in [-0.25, -0.2) is 0 Å². The molecule has 0 spiro atoms. The fourth-order valence-electron chi connectivity index (χ4n) is 1.73. The number of benzene rings is 1. The summed E-state index contributed by atoms with van der Waals surface area (Å²) in [5.41, 5.74) is 3.49. The van der Waals surface area contributed by atoms with E-state index in [9.17, 15) is 0 Å². The Labute approximate surface area is 120 Å². The lowest BCUT2D eigenvalue weighted by molar-refractivity contribution is 0.684. The van der Waals surface area contributed by atoms with Gasteiger partial charge in [-0.15, -0.1) is 0 Å². The summed E-state index contributed by atoms with van der Waals surface area (Å²) in [4.78, 5) is 0. The van der Waals surface area contributed by atoms with Crippen LogP contribution in [-0.2, 0) is 20.1 Å². The number of nitrogens with zero attached hydrogens (tertiary/aromatic N) is 2. The van der Waals surface area contributed by atoms with E-state index in [0.717, 1.165) is 28.1 Å². The second kappa shape index (κ2) is 5.87. The highest BCUT2D eigenvalue weighted by atomic mass is 79.9. The first-order valence-corrected chi connectivity index (χ1v) is 6.87. The maximum absolute atomic E-state index is 6.14. The fourth-order valence-corrected chi connectivity index (χ4v) is 2.32. The predicted octanol–water partition coefficient (Wildman–Crippen LogP) is 3.43. The fraction of sp³-hybridized carbons (Fsp3) is 0.308. The molecule has 0 amide bonds. The van der Waals surface area contributed by atoms with E-state index in [4.69, 9.17) is 11.6 Å². The summed E-state index contributed by atoms with van der Waals surface area (Å²) in [6.45, 7) is 3.60. The van der Waals surface area contributed by atoms with Gasteiger partial charge in [0.05, 0.1) is 6.20 Å². The van der Waals surface area contributed by atoms with E-state index in [2.05, 4.69) is 33.3 Å². The molecule has 0 atom stereocenters. The van der Waals surface area contributed by atoms with Crippen LogP contribution >= 0.6 is 27.5 Å². The molecule has 1 aromatic heterocycles. The number of hydrogen-bond donors (Lipinski definition) is 1. The molecule has 5 heteroatoms. The Hall–Kier alpha value is -0.840. The average molecular weight is 329 g/mol.